The predicted molar refractivity (Wildman–Crippen MR) is 91.7 cm³/mol. The van der Waals surface area contributed by atoms with Crippen LogP contribution in [0.1, 0.15) is 38.2 Å². The molecule has 0 amide bonds. The van der Waals surface area contributed by atoms with Gasteiger partial charge in [0.1, 0.15) is 12.4 Å². The van der Waals surface area contributed by atoms with Gasteiger partial charge in [0.15, 0.2) is 0 Å². The largest absolute Gasteiger partial charge is 0.490 e. The molecule has 0 saturated heterocycles. The van der Waals surface area contributed by atoms with E-state index in [2.05, 4.69) is 16.5 Å². The summed E-state index contributed by atoms with van der Waals surface area (Å²) in [6.45, 7) is 5.38. The highest BCUT2D eigenvalue weighted by Crippen LogP contribution is 2.35. The number of likely N-dealkylation sites (N-methyl/N-ethyl adjacent to an activating group) is 1. The Kier molecular flexibility index (Phi) is 4.56. The van der Waals surface area contributed by atoms with E-state index in [0.29, 0.717) is 23.2 Å². The zero-order chi connectivity index (χ0) is 16.6. The van der Waals surface area contributed by atoms with E-state index >= 15 is 0 Å². The Labute approximate surface area is 139 Å². The first-order chi connectivity index (χ1) is 10.9. The van der Waals surface area contributed by atoms with Crippen molar-refractivity contribution >= 4 is 15.7 Å². The molecule has 0 radical (unpaired) electrons. The first-order valence-corrected chi connectivity index (χ1v) is 9.88. The fourth-order valence-corrected chi connectivity index (χ4v) is 5.15. The quantitative estimate of drug-likeness (QED) is 0.920. The van der Waals surface area contributed by atoms with Crippen molar-refractivity contribution in [1.82, 2.24) is 4.72 Å². The first-order valence-electron chi connectivity index (χ1n) is 8.39. The third-order valence-corrected chi connectivity index (χ3v) is 6.69. The molecule has 5 nitrogen and oxygen atoms in total. The fraction of sp³-hybridized carbons (Fsp3) is 0.647. The summed E-state index contributed by atoms with van der Waals surface area (Å²) in [6.07, 6.45) is 4.29. The molecule has 1 aromatic carbocycles. The number of nitrogens with zero attached hydrogens (tertiary/aromatic N) is 1. The number of aryl methyl sites for hydroxylation is 1. The summed E-state index contributed by atoms with van der Waals surface area (Å²) in [5.74, 6) is 1.04. The molecule has 128 valence electrons. The normalized spacial score (nSPS) is 24.9. The molecule has 1 N–H and O–H groups in total. The van der Waals surface area contributed by atoms with Crippen LogP contribution in [0.5, 0.6) is 5.75 Å². The minimum Gasteiger partial charge on any atom is -0.490 e. The van der Waals surface area contributed by atoms with E-state index in [-0.39, 0.29) is 6.04 Å². The Morgan fingerprint density at radius 2 is 2.00 bits per heavy atom. The molecule has 1 saturated carbocycles. The van der Waals surface area contributed by atoms with E-state index in [1.54, 1.807) is 6.07 Å². The van der Waals surface area contributed by atoms with Crippen molar-refractivity contribution in [3.05, 3.63) is 17.7 Å². The van der Waals surface area contributed by atoms with E-state index in [0.717, 1.165) is 37.1 Å². The van der Waals surface area contributed by atoms with Crippen molar-refractivity contribution < 1.29 is 13.2 Å². The lowest BCUT2D eigenvalue weighted by Gasteiger charge is -2.31. The number of fused-ring (bicyclic) bond motifs is 1. The molecule has 3 rings (SSSR count). The van der Waals surface area contributed by atoms with Crippen LogP contribution in [-0.4, -0.2) is 34.7 Å². The van der Waals surface area contributed by atoms with Gasteiger partial charge in [-0.25, -0.2) is 13.1 Å². The highest BCUT2D eigenvalue weighted by molar-refractivity contribution is 7.89. The van der Waals surface area contributed by atoms with Crippen molar-refractivity contribution in [2.45, 2.75) is 50.5 Å². The number of benzene rings is 1. The Hall–Kier alpha value is -1.27. The van der Waals surface area contributed by atoms with Gasteiger partial charge in [-0.1, -0.05) is 19.8 Å². The van der Waals surface area contributed by atoms with E-state index in [9.17, 15) is 8.42 Å². The lowest BCUT2D eigenvalue weighted by molar-refractivity contribution is 0.308. The van der Waals surface area contributed by atoms with Gasteiger partial charge in [0, 0.05) is 19.2 Å². The van der Waals surface area contributed by atoms with Crippen molar-refractivity contribution in [2.24, 2.45) is 5.92 Å². The standard InChI is InChI=1S/C17H26N2O3S/c1-12-6-4-5-7-14(12)18-23(20,21)17-11-16-15(10-13(17)2)19(3)8-9-22-16/h10-12,14,18H,4-9H2,1-3H3/t12-,14+/m1/s1. The third kappa shape index (κ3) is 3.33. The molecule has 1 aliphatic heterocycles. The zero-order valence-electron chi connectivity index (χ0n) is 14.1. The minimum atomic E-state index is -3.52. The molecule has 0 bridgehead atoms. The Bertz CT molecular complexity index is 687. The summed E-state index contributed by atoms with van der Waals surface area (Å²) in [5.41, 5.74) is 1.72. The van der Waals surface area contributed by atoms with Crippen molar-refractivity contribution in [3.8, 4) is 5.75 Å². The summed E-state index contributed by atoms with van der Waals surface area (Å²) >= 11 is 0. The van der Waals surface area contributed by atoms with Gasteiger partial charge >= 0.3 is 0 Å². The van der Waals surface area contributed by atoms with E-state index in [1.165, 1.54) is 6.42 Å². The highest BCUT2D eigenvalue weighted by Gasteiger charge is 2.29. The SMILES string of the molecule is Cc1cc2c(cc1S(=O)(=O)N[C@H]1CCCC[C@H]1C)OCCN2C. The van der Waals surface area contributed by atoms with E-state index in [4.69, 9.17) is 4.74 Å². The molecule has 2 atom stereocenters. The van der Waals surface area contributed by atoms with Crippen LogP contribution in [0.2, 0.25) is 0 Å². The van der Waals surface area contributed by atoms with Crippen LogP contribution in [0, 0.1) is 12.8 Å². The van der Waals surface area contributed by atoms with E-state index < -0.39 is 10.0 Å². The Morgan fingerprint density at radius 3 is 2.74 bits per heavy atom. The van der Waals surface area contributed by atoms with Gasteiger partial charge in [-0.3, -0.25) is 0 Å². The van der Waals surface area contributed by atoms with Gasteiger partial charge in [0.05, 0.1) is 17.1 Å². The van der Waals surface area contributed by atoms with Crippen LogP contribution < -0.4 is 14.4 Å². The smallest absolute Gasteiger partial charge is 0.241 e. The molecule has 1 fully saturated rings. The number of rotatable bonds is 3. The maximum atomic E-state index is 12.9. The number of sulfonamides is 1. The average molecular weight is 338 g/mol. The van der Waals surface area contributed by atoms with Crippen LogP contribution in [0.25, 0.3) is 0 Å². The van der Waals surface area contributed by atoms with Gasteiger partial charge in [-0.15, -0.1) is 0 Å². The van der Waals surface area contributed by atoms with Gasteiger partial charge < -0.3 is 9.64 Å². The molecule has 0 aromatic heterocycles. The fourth-order valence-electron chi connectivity index (χ4n) is 3.52. The van der Waals surface area contributed by atoms with Crippen LogP contribution in [0.3, 0.4) is 0 Å². The maximum absolute atomic E-state index is 12.9. The third-order valence-electron chi connectivity index (χ3n) is 5.06. The molecule has 1 aliphatic carbocycles. The summed E-state index contributed by atoms with van der Waals surface area (Å²) < 4.78 is 34.3. The second-order valence-corrected chi connectivity index (χ2v) is 8.53. The second-order valence-electron chi connectivity index (χ2n) is 6.84. The van der Waals surface area contributed by atoms with Crippen molar-refractivity contribution in [2.75, 3.05) is 25.1 Å². The lowest BCUT2D eigenvalue weighted by atomic mass is 9.87. The molecule has 2 aliphatic rings. The average Bonchev–Trinajstić information content (AvgIpc) is 2.50. The van der Waals surface area contributed by atoms with E-state index in [1.807, 2.05) is 20.0 Å². The van der Waals surface area contributed by atoms with Crippen LogP contribution in [0.15, 0.2) is 17.0 Å². The number of anilines is 1. The summed E-state index contributed by atoms with van der Waals surface area (Å²) in [6, 6.07) is 3.62. The first kappa shape index (κ1) is 16.6. The van der Waals surface area contributed by atoms with Gasteiger partial charge in [0.2, 0.25) is 10.0 Å². The molecule has 1 heterocycles. The molecular weight excluding hydrogens is 312 g/mol. The molecule has 0 unspecified atom stereocenters. The van der Waals surface area contributed by atoms with Crippen LogP contribution in [-0.2, 0) is 10.0 Å². The number of hydrogen-bond acceptors (Lipinski definition) is 4. The summed E-state index contributed by atoms with van der Waals surface area (Å²) in [5, 5.41) is 0. The van der Waals surface area contributed by atoms with Gasteiger partial charge in [-0.05, 0) is 37.3 Å². The summed E-state index contributed by atoms with van der Waals surface area (Å²) in [7, 11) is -1.53. The topological polar surface area (TPSA) is 58.6 Å². The number of hydrogen-bond donors (Lipinski definition) is 1. The highest BCUT2D eigenvalue weighted by atomic mass is 32.2. The number of nitrogens with one attached hydrogen (secondary N) is 1. The molecule has 0 spiro atoms. The van der Waals surface area contributed by atoms with Crippen LogP contribution in [0.4, 0.5) is 5.69 Å². The van der Waals surface area contributed by atoms with Gasteiger partial charge in [0.25, 0.3) is 0 Å². The summed E-state index contributed by atoms with van der Waals surface area (Å²) in [4.78, 5) is 2.43. The zero-order valence-corrected chi connectivity index (χ0v) is 14.9. The molecule has 1 aromatic rings. The Balaban J connectivity index is 1.90. The maximum Gasteiger partial charge on any atom is 0.241 e. The predicted octanol–water partition coefficient (Wildman–Crippen LogP) is 2.68. The molecular formula is C17H26N2O3S. The number of ether oxygens (including phenoxy) is 1. The minimum absolute atomic E-state index is 0.0350. The lowest BCUT2D eigenvalue weighted by Crippen LogP contribution is -2.41. The Morgan fingerprint density at radius 1 is 1.26 bits per heavy atom. The van der Waals surface area contributed by atoms with Crippen molar-refractivity contribution in [3.63, 3.8) is 0 Å². The monoisotopic (exact) mass is 338 g/mol. The van der Waals surface area contributed by atoms with Crippen LogP contribution >= 0.6 is 0 Å². The molecule has 23 heavy (non-hydrogen) atoms. The van der Waals surface area contributed by atoms with Gasteiger partial charge in [-0.2, -0.15) is 0 Å². The van der Waals surface area contributed by atoms with Crippen molar-refractivity contribution in [1.29, 1.82) is 0 Å². The molecule has 6 heteroatoms. The second kappa shape index (κ2) is 6.32.